The highest BCUT2D eigenvalue weighted by molar-refractivity contribution is 5.85. The van der Waals surface area contributed by atoms with Crippen LogP contribution in [0.5, 0.6) is 5.75 Å². The van der Waals surface area contributed by atoms with Crippen LogP contribution in [0.25, 0.3) is 0 Å². The summed E-state index contributed by atoms with van der Waals surface area (Å²) < 4.78 is 6.13. The van der Waals surface area contributed by atoms with Crippen molar-refractivity contribution in [1.29, 1.82) is 0 Å². The Bertz CT molecular complexity index is 518. The highest BCUT2D eigenvalue weighted by atomic mass is 16.5. The van der Waals surface area contributed by atoms with Gasteiger partial charge in [0, 0.05) is 26.2 Å². The second-order valence-electron chi connectivity index (χ2n) is 6.90. The third kappa shape index (κ3) is 3.80. The maximum atomic E-state index is 12.8. The zero-order chi connectivity index (χ0) is 16.3. The molecule has 2 rings (SSSR count). The van der Waals surface area contributed by atoms with Crippen LogP contribution < -0.4 is 4.74 Å². The van der Waals surface area contributed by atoms with Gasteiger partial charge in [-0.15, -0.1) is 0 Å². The van der Waals surface area contributed by atoms with E-state index in [1.165, 1.54) is 0 Å². The van der Waals surface area contributed by atoms with Crippen molar-refractivity contribution in [3.05, 3.63) is 29.8 Å². The zero-order valence-electron chi connectivity index (χ0n) is 14.4. The Kier molecular flexibility index (Phi) is 5.12. The predicted molar refractivity (Wildman–Crippen MR) is 89.3 cm³/mol. The predicted octanol–water partition coefficient (Wildman–Crippen LogP) is 2.74. The molecule has 0 aromatic heterocycles. The lowest BCUT2D eigenvalue weighted by Crippen LogP contribution is -2.55. The maximum absolute atomic E-state index is 12.8. The van der Waals surface area contributed by atoms with E-state index in [1.807, 2.05) is 36.9 Å². The molecule has 0 unspecified atom stereocenters. The number of ether oxygens (including phenoxy) is 1. The number of nitrogens with zero attached hydrogens (tertiary/aromatic N) is 2. The quantitative estimate of drug-likeness (QED) is 0.857. The summed E-state index contributed by atoms with van der Waals surface area (Å²) in [4.78, 5) is 17.0. The molecule has 0 aliphatic carbocycles. The lowest BCUT2D eigenvalue weighted by atomic mass is 10.0. The molecule has 0 saturated carbocycles. The third-order valence-electron chi connectivity index (χ3n) is 4.21. The van der Waals surface area contributed by atoms with Crippen LogP contribution in [0.1, 0.15) is 39.2 Å². The van der Waals surface area contributed by atoms with Crippen molar-refractivity contribution in [2.24, 2.45) is 0 Å². The molecule has 0 radical (unpaired) electrons. The van der Waals surface area contributed by atoms with Crippen LogP contribution >= 0.6 is 0 Å². The third-order valence-corrected chi connectivity index (χ3v) is 4.21. The molecule has 1 aromatic carbocycles. The van der Waals surface area contributed by atoms with Crippen LogP contribution in [0.3, 0.4) is 0 Å². The second kappa shape index (κ2) is 6.69. The molecule has 0 bridgehead atoms. The number of rotatable bonds is 4. The van der Waals surface area contributed by atoms with E-state index in [9.17, 15) is 4.79 Å². The van der Waals surface area contributed by atoms with Crippen LogP contribution in [0.4, 0.5) is 0 Å². The fourth-order valence-corrected chi connectivity index (χ4v) is 2.76. The summed E-state index contributed by atoms with van der Waals surface area (Å²) in [5.41, 5.74) is 0.294. The van der Waals surface area contributed by atoms with Crippen molar-refractivity contribution in [2.45, 2.75) is 39.2 Å². The van der Waals surface area contributed by atoms with Crippen LogP contribution in [-0.2, 0) is 4.79 Å². The molecule has 0 spiro atoms. The topological polar surface area (TPSA) is 32.8 Å². The van der Waals surface area contributed by atoms with Gasteiger partial charge in [0.15, 0.2) is 5.60 Å². The largest absolute Gasteiger partial charge is 0.478 e. The smallest absolute Gasteiger partial charge is 0.266 e. The highest BCUT2D eigenvalue weighted by Crippen LogP contribution is 2.29. The molecule has 22 heavy (non-hydrogen) atoms. The number of carbonyl (C=O) groups excluding carboxylic acids is 1. The van der Waals surface area contributed by atoms with Gasteiger partial charge in [0.1, 0.15) is 5.75 Å². The molecule has 1 aliphatic heterocycles. The summed E-state index contributed by atoms with van der Waals surface area (Å²) in [5.74, 6) is 1.25. The number of hydrogen-bond donors (Lipinski definition) is 0. The van der Waals surface area contributed by atoms with E-state index in [4.69, 9.17) is 4.74 Å². The van der Waals surface area contributed by atoms with Gasteiger partial charge in [0.25, 0.3) is 5.91 Å². The molecule has 4 heteroatoms. The number of likely N-dealkylation sites (N-methyl/N-ethyl adjacent to an activating group) is 1. The van der Waals surface area contributed by atoms with Gasteiger partial charge < -0.3 is 14.5 Å². The molecule has 1 fully saturated rings. The molecule has 0 atom stereocenters. The number of amides is 1. The lowest BCUT2D eigenvalue weighted by Gasteiger charge is -2.37. The number of benzene rings is 1. The fourth-order valence-electron chi connectivity index (χ4n) is 2.76. The van der Waals surface area contributed by atoms with E-state index in [0.29, 0.717) is 5.92 Å². The maximum Gasteiger partial charge on any atom is 0.266 e. The zero-order valence-corrected chi connectivity index (χ0v) is 14.4. The molecule has 1 saturated heterocycles. The molecule has 122 valence electrons. The van der Waals surface area contributed by atoms with Gasteiger partial charge in [-0.3, -0.25) is 4.79 Å². The Hall–Kier alpha value is -1.55. The first-order valence-corrected chi connectivity index (χ1v) is 8.07. The summed E-state index contributed by atoms with van der Waals surface area (Å²) >= 11 is 0. The number of hydrogen-bond acceptors (Lipinski definition) is 3. The lowest BCUT2D eigenvalue weighted by molar-refractivity contribution is -0.147. The van der Waals surface area contributed by atoms with Crippen molar-refractivity contribution in [3.8, 4) is 5.75 Å². The Morgan fingerprint density at radius 2 is 1.73 bits per heavy atom. The van der Waals surface area contributed by atoms with Crippen molar-refractivity contribution in [3.63, 3.8) is 0 Å². The number of carbonyl (C=O) groups is 1. The average molecular weight is 304 g/mol. The SMILES string of the molecule is CC(C)c1ccccc1OC(C)(C)C(=O)N1CCN(C)CC1. The minimum atomic E-state index is -0.846. The molecule has 4 nitrogen and oxygen atoms in total. The molecule has 1 aliphatic rings. The van der Waals surface area contributed by atoms with Crippen molar-refractivity contribution in [1.82, 2.24) is 9.80 Å². The van der Waals surface area contributed by atoms with Gasteiger partial charge in [0.2, 0.25) is 0 Å². The molecule has 0 N–H and O–H groups in total. The molecule has 1 amide bonds. The van der Waals surface area contributed by atoms with Crippen molar-refractivity contribution >= 4 is 5.91 Å². The van der Waals surface area contributed by atoms with Crippen LogP contribution in [-0.4, -0.2) is 54.5 Å². The fraction of sp³-hybridized carbons (Fsp3) is 0.611. The van der Waals surface area contributed by atoms with Gasteiger partial charge in [-0.25, -0.2) is 0 Å². The van der Waals surface area contributed by atoms with E-state index in [2.05, 4.69) is 31.9 Å². The molecule has 1 heterocycles. The molecule has 1 aromatic rings. The first kappa shape index (κ1) is 16.8. The van der Waals surface area contributed by atoms with E-state index >= 15 is 0 Å². The van der Waals surface area contributed by atoms with Crippen LogP contribution in [0, 0.1) is 0 Å². The molecular weight excluding hydrogens is 276 g/mol. The van der Waals surface area contributed by atoms with Crippen molar-refractivity contribution < 1.29 is 9.53 Å². The summed E-state index contributed by atoms with van der Waals surface area (Å²) in [7, 11) is 2.09. The Morgan fingerprint density at radius 3 is 2.32 bits per heavy atom. The normalized spacial score (nSPS) is 16.9. The van der Waals surface area contributed by atoms with Gasteiger partial charge in [0.05, 0.1) is 0 Å². The minimum Gasteiger partial charge on any atom is -0.478 e. The monoisotopic (exact) mass is 304 g/mol. The van der Waals surface area contributed by atoms with E-state index in [1.54, 1.807) is 0 Å². The van der Waals surface area contributed by atoms with E-state index in [0.717, 1.165) is 37.5 Å². The second-order valence-corrected chi connectivity index (χ2v) is 6.90. The van der Waals surface area contributed by atoms with E-state index < -0.39 is 5.60 Å². The van der Waals surface area contributed by atoms with Gasteiger partial charge in [-0.2, -0.15) is 0 Å². The van der Waals surface area contributed by atoms with Crippen molar-refractivity contribution in [2.75, 3.05) is 33.2 Å². The summed E-state index contributed by atoms with van der Waals surface area (Å²) in [6, 6.07) is 7.99. The molecular formula is C18H28N2O2. The summed E-state index contributed by atoms with van der Waals surface area (Å²) in [6.07, 6.45) is 0. The van der Waals surface area contributed by atoms with Crippen LogP contribution in [0.15, 0.2) is 24.3 Å². The Morgan fingerprint density at radius 1 is 1.14 bits per heavy atom. The Labute approximate surface area is 134 Å². The minimum absolute atomic E-state index is 0.0687. The van der Waals surface area contributed by atoms with Crippen LogP contribution in [0.2, 0.25) is 0 Å². The van der Waals surface area contributed by atoms with Gasteiger partial charge in [-0.1, -0.05) is 32.0 Å². The van der Waals surface area contributed by atoms with Gasteiger partial charge in [-0.05, 0) is 38.4 Å². The van der Waals surface area contributed by atoms with E-state index in [-0.39, 0.29) is 5.91 Å². The first-order valence-electron chi connectivity index (χ1n) is 8.07. The first-order chi connectivity index (χ1) is 10.3. The number of para-hydroxylation sites is 1. The summed E-state index contributed by atoms with van der Waals surface area (Å²) in [6.45, 7) is 11.4. The number of piperazine rings is 1. The summed E-state index contributed by atoms with van der Waals surface area (Å²) in [5, 5.41) is 0. The van der Waals surface area contributed by atoms with Gasteiger partial charge >= 0.3 is 0 Å². The highest BCUT2D eigenvalue weighted by Gasteiger charge is 2.35. The standard InChI is InChI=1S/C18H28N2O2/c1-14(2)15-8-6-7-9-16(15)22-18(3,4)17(21)20-12-10-19(5)11-13-20/h6-9,14H,10-13H2,1-5H3. The average Bonchev–Trinajstić information content (AvgIpc) is 2.47. The Balaban J connectivity index is 2.12.